The lowest BCUT2D eigenvalue weighted by Gasteiger charge is -2.35. The summed E-state index contributed by atoms with van der Waals surface area (Å²) in [5, 5.41) is 9.02. The summed E-state index contributed by atoms with van der Waals surface area (Å²) < 4.78 is 0. The number of piperidine rings is 1. The highest BCUT2D eigenvalue weighted by Crippen LogP contribution is 2.26. The average molecular weight is 283 g/mol. The summed E-state index contributed by atoms with van der Waals surface area (Å²) in [4.78, 5) is 5.13. The molecule has 2 aliphatic heterocycles. The quantitative estimate of drug-likeness (QED) is 0.853. The molecule has 0 bridgehead atoms. The van der Waals surface area contributed by atoms with E-state index in [2.05, 4.69) is 28.0 Å². The van der Waals surface area contributed by atoms with Crippen LogP contribution in [0.2, 0.25) is 0 Å². The molecule has 0 aliphatic carbocycles. The molecule has 21 heavy (non-hydrogen) atoms. The Morgan fingerprint density at radius 2 is 1.86 bits per heavy atom. The van der Waals surface area contributed by atoms with Crippen molar-refractivity contribution in [2.45, 2.75) is 32.6 Å². The number of anilines is 1. The number of nitriles is 1. The molecule has 0 amide bonds. The Balaban J connectivity index is 1.55. The predicted octanol–water partition coefficient (Wildman–Crippen LogP) is 3.18. The van der Waals surface area contributed by atoms with Gasteiger partial charge in [0.15, 0.2) is 0 Å². The Bertz CT molecular complexity index is 518. The van der Waals surface area contributed by atoms with Gasteiger partial charge in [-0.05, 0) is 75.4 Å². The maximum Gasteiger partial charge on any atom is 0.0994 e. The van der Waals surface area contributed by atoms with E-state index in [0.717, 1.165) is 30.1 Å². The van der Waals surface area contributed by atoms with E-state index in [-0.39, 0.29) is 0 Å². The molecule has 0 unspecified atom stereocenters. The van der Waals surface area contributed by atoms with Crippen LogP contribution in [0.15, 0.2) is 18.2 Å². The molecular weight excluding hydrogens is 258 g/mol. The summed E-state index contributed by atoms with van der Waals surface area (Å²) in [7, 11) is 0. The van der Waals surface area contributed by atoms with Crippen molar-refractivity contribution in [1.82, 2.24) is 4.90 Å². The fourth-order valence-corrected chi connectivity index (χ4v) is 3.67. The summed E-state index contributed by atoms with van der Waals surface area (Å²) in [5.41, 5.74) is 3.17. The lowest BCUT2D eigenvalue weighted by atomic mass is 9.95. The highest BCUT2D eigenvalue weighted by atomic mass is 15.2. The molecule has 0 N–H and O–H groups in total. The van der Waals surface area contributed by atoms with Gasteiger partial charge in [0.2, 0.25) is 0 Å². The molecule has 2 fully saturated rings. The highest BCUT2D eigenvalue weighted by molar-refractivity contribution is 5.53. The van der Waals surface area contributed by atoms with Crippen LogP contribution >= 0.6 is 0 Å². The fourth-order valence-electron chi connectivity index (χ4n) is 3.67. The minimum Gasteiger partial charge on any atom is -0.372 e. The van der Waals surface area contributed by atoms with E-state index in [9.17, 15) is 0 Å². The molecule has 3 heteroatoms. The van der Waals surface area contributed by atoms with Crippen molar-refractivity contribution in [3.8, 4) is 6.07 Å². The van der Waals surface area contributed by atoms with Gasteiger partial charge in [-0.25, -0.2) is 0 Å². The maximum atomic E-state index is 9.02. The molecule has 0 aromatic heterocycles. The van der Waals surface area contributed by atoms with Crippen molar-refractivity contribution in [2.24, 2.45) is 5.92 Å². The molecule has 0 radical (unpaired) electrons. The van der Waals surface area contributed by atoms with Gasteiger partial charge in [0.05, 0.1) is 11.6 Å². The van der Waals surface area contributed by atoms with Crippen molar-refractivity contribution in [1.29, 1.82) is 5.26 Å². The van der Waals surface area contributed by atoms with Crippen LogP contribution in [0, 0.1) is 24.2 Å². The molecule has 0 spiro atoms. The highest BCUT2D eigenvalue weighted by Gasteiger charge is 2.23. The van der Waals surface area contributed by atoms with Crippen molar-refractivity contribution in [2.75, 3.05) is 37.6 Å². The molecule has 1 aromatic carbocycles. The molecule has 1 aromatic rings. The van der Waals surface area contributed by atoms with Crippen LogP contribution in [0.1, 0.15) is 36.8 Å². The van der Waals surface area contributed by atoms with Gasteiger partial charge in [-0.1, -0.05) is 0 Å². The van der Waals surface area contributed by atoms with Crippen LogP contribution < -0.4 is 4.90 Å². The minimum absolute atomic E-state index is 0.794. The monoisotopic (exact) mass is 283 g/mol. The summed E-state index contributed by atoms with van der Waals surface area (Å²) >= 11 is 0. The second-order valence-electron chi connectivity index (χ2n) is 6.55. The molecule has 2 aliphatic rings. The van der Waals surface area contributed by atoms with E-state index < -0.39 is 0 Å². The van der Waals surface area contributed by atoms with Gasteiger partial charge in [0, 0.05) is 25.3 Å². The number of hydrogen-bond acceptors (Lipinski definition) is 3. The summed E-state index contributed by atoms with van der Waals surface area (Å²) in [6, 6.07) is 8.48. The molecule has 2 saturated heterocycles. The van der Waals surface area contributed by atoms with Crippen LogP contribution in [0.5, 0.6) is 0 Å². The lowest BCUT2D eigenvalue weighted by Crippen LogP contribution is -2.38. The topological polar surface area (TPSA) is 30.3 Å². The second-order valence-corrected chi connectivity index (χ2v) is 6.55. The Labute approximate surface area is 128 Å². The minimum atomic E-state index is 0.794. The number of rotatable bonds is 3. The molecule has 2 heterocycles. The van der Waals surface area contributed by atoms with Crippen molar-refractivity contribution in [3.05, 3.63) is 29.3 Å². The SMILES string of the molecule is Cc1cc(N2CCC(CN3CCCC3)CC2)ccc1C#N. The largest absolute Gasteiger partial charge is 0.372 e. The molecular formula is C18H25N3. The van der Waals surface area contributed by atoms with Gasteiger partial charge in [-0.15, -0.1) is 0 Å². The van der Waals surface area contributed by atoms with Crippen molar-refractivity contribution in [3.63, 3.8) is 0 Å². The summed E-state index contributed by atoms with van der Waals surface area (Å²) in [5.74, 6) is 0.874. The van der Waals surface area contributed by atoms with E-state index in [1.165, 1.54) is 51.0 Å². The van der Waals surface area contributed by atoms with E-state index in [0.29, 0.717) is 0 Å². The van der Waals surface area contributed by atoms with Gasteiger partial charge < -0.3 is 9.80 Å². The number of nitrogens with zero attached hydrogens (tertiary/aromatic N) is 3. The van der Waals surface area contributed by atoms with Gasteiger partial charge in [-0.3, -0.25) is 0 Å². The van der Waals surface area contributed by atoms with E-state index >= 15 is 0 Å². The molecule has 112 valence electrons. The van der Waals surface area contributed by atoms with Crippen LogP contribution in [0.4, 0.5) is 5.69 Å². The smallest absolute Gasteiger partial charge is 0.0994 e. The Kier molecular flexibility index (Phi) is 4.45. The van der Waals surface area contributed by atoms with Crippen LogP contribution in [-0.2, 0) is 0 Å². The molecule has 3 nitrogen and oxygen atoms in total. The first-order chi connectivity index (χ1) is 10.3. The average Bonchev–Trinajstić information content (AvgIpc) is 3.01. The summed E-state index contributed by atoms with van der Waals surface area (Å²) in [6.45, 7) is 8.28. The van der Waals surface area contributed by atoms with Crippen molar-refractivity contribution < 1.29 is 0 Å². The van der Waals surface area contributed by atoms with Gasteiger partial charge in [-0.2, -0.15) is 5.26 Å². The third-order valence-electron chi connectivity index (χ3n) is 5.03. The molecule has 0 saturated carbocycles. The Morgan fingerprint density at radius 1 is 1.14 bits per heavy atom. The van der Waals surface area contributed by atoms with Crippen molar-refractivity contribution >= 4 is 5.69 Å². The van der Waals surface area contributed by atoms with Gasteiger partial charge in [0.25, 0.3) is 0 Å². The van der Waals surface area contributed by atoms with Gasteiger partial charge >= 0.3 is 0 Å². The summed E-state index contributed by atoms with van der Waals surface area (Å²) in [6.07, 6.45) is 5.39. The maximum absolute atomic E-state index is 9.02. The standard InChI is InChI=1S/C18H25N3/c1-15-12-18(5-4-17(15)13-19)21-10-6-16(7-11-21)14-20-8-2-3-9-20/h4-5,12,16H,2-3,6-11,14H2,1H3. The van der Waals surface area contributed by atoms with E-state index in [4.69, 9.17) is 5.26 Å². The lowest BCUT2D eigenvalue weighted by molar-refractivity contribution is 0.249. The first-order valence-electron chi connectivity index (χ1n) is 8.24. The third kappa shape index (κ3) is 3.39. The van der Waals surface area contributed by atoms with E-state index in [1.807, 2.05) is 13.0 Å². The number of hydrogen-bond donors (Lipinski definition) is 0. The van der Waals surface area contributed by atoms with Gasteiger partial charge in [0.1, 0.15) is 0 Å². The zero-order valence-electron chi connectivity index (χ0n) is 13.0. The number of aryl methyl sites for hydroxylation is 1. The zero-order chi connectivity index (χ0) is 14.7. The fraction of sp³-hybridized carbons (Fsp3) is 0.611. The zero-order valence-corrected chi connectivity index (χ0v) is 13.0. The van der Waals surface area contributed by atoms with Crippen LogP contribution in [0.3, 0.4) is 0 Å². The second kappa shape index (κ2) is 6.49. The number of benzene rings is 1. The first kappa shape index (κ1) is 14.4. The van der Waals surface area contributed by atoms with Crippen LogP contribution in [0.25, 0.3) is 0 Å². The molecule has 3 rings (SSSR count). The predicted molar refractivity (Wildman–Crippen MR) is 86.5 cm³/mol. The Morgan fingerprint density at radius 3 is 2.48 bits per heavy atom. The molecule has 0 atom stereocenters. The third-order valence-corrected chi connectivity index (χ3v) is 5.03. The normalized spacial score (nSPS) is 20.7. The van der Waals surface area contributed by atoms with E-state index in [1.54, 1.807) is 0 Å². The Hall–Kier alpha value is -1.53. The first-order valence-corrected chi connectivity index (χ1v) is 8.24. The number of likely N-dealkylation sites (tertiary alicyclic amines) is 1. The van der Waals surface area contributed by atoms with Crippen LogP contribution in [-0.4, -0.2) is 37.6 Å².